The van der Waals surface area contributed by atoms with Crippen molar-refractivity contribution >= 4 is 63.5 Å². The van der Waals surface area contributed by atoms with Gasteiger partial charge in [0.2, 0.25) is 17.7 Å². The van der Waals surface area contributed by atoms with Crippen LogP contribution < -0.4 is 15.4 Å². The number of hydrogen-bond acceptors (Lipinski definition) is 12. The van der Waals surface area contributed by atoms with E-state index in [1.807, 2.05) is 120 Å². The van der Waals surface area contributed by atoms with Crippen molar-refractivity contribution in [3.05, 3.63) is 133 Å². The topological polar surface area (TPSA) is 181 Å². The number of aliphatic imine (C=N–C) groups is 1. The fourth-order valence-electron chi connectivity index (χ4n) is 9.98. The summed E-state index contributed by atoms with van der Waals surface area (Å²) in [4.78, 5) is 68.7. The number of β-amino-alcohol motifs (C(OH)–C–C–N with tert-alkyl or cyclic N) is 1. The van der Waals surface area contributed by atoms with Crippen LogP contribution in [0.3, 0.4) is 0 Å². The Morgan fingerprint density at radius 3 is 2.25 bits per heavy atom. The van der Waals surface area contributed by atoms with Crippen LogP contribution in [0.15, 0.2) is 83.3 Å². The van der Waals surface area contributed by atoms with Crippen molar-refractivity contribution in [1.29, 1.82) is 0 Å². The van der Waals surface area contributed by atoms with E-state index >= 15 is 0 Å². The zero-order valence-corrected chi connectivity index (χ0v) is 44.3. The molecule has 1 aliphatic carbocycles. The number of rotatable bonds is 15. The van der Waals surface area contributed by atoms with Gasteiger partial charge in [0.05, 0.1) is 46.5 Å². The number of Topliss-reactive ketones (excluding diaryl/α,β-unsaturated/α-hetero) is 1. The summed E-state index contributed by atoms with van der Waals surface area (Å²) in [7, 11) is 0. The van der Waals surface area contributed by atoms with Crippen LogP contribution in [0.4, 0.5) is 0 Å². The molecule has 1 saturated heterocycles. The highest BCUT2D eigenvalue weighted by Gasteiger charge is 2.45. The molecule has 6 aromatic rings. The minimum atomic E-state index is -0.953. The largest absolute Gasteiger partial charge is 0.490 e. The standard InChI is InChI=1S/C55H61ClN8O6S2/c1-29-32(4)72-54-47(29)48(37-15-17-39(56)18-16-37)59-44(51-62-61-33(5)64(51)54)25-40(65)21-35-22-43(23-35)70-42-19-9-34(10-20-42)24-46(67)60-50(55(6,7)8)53(69)63-27-41(66)26-45(63)52(68)58-30(2)36-11-13-38(14-12-36)49-31(3)57-28-71-49/h9-20,28,30,35,41,43-45,50,66H,21-27H2,1-8H3,(H,58,68)(H,60,67)/t30-,35?,41+,43?,44?,45-,50+/m0/s1. The molecule has 5 atom stereocenters. The Morgan fingerprint density at radius 2 is 1.58 bits per heavy atom. The van der Waals surface area contributed by atoms with Crippen molar-refractivity contribution in [3.8, 4) is 21.2 Å². The first kappa shape index (κ1) is 50.9. The highest BCUT2D eigenvalue weighted by Crippen LogP contribution is 2.41. The van der Waals surface area contributed by atoms with Gasteiger partial charge in [0, 0.05) is 46.8 Å². The maximum absolute atomic E-state index is 14.3. The zero-order valence-electron chi connectivity index (χ0n) is 41.9. The molecule has 376 valence electrons. The Hall–Kier alpha value is -6.07. The molecule has 3 N–H and O–H groups in total. The number of aliphatic hydroxyl groups is 1. The third kappa shape index (κ3) is 10.8. The summed E-state index contributed by atoms with van der Waals surface area (Å²) >= 11 is 9.54. The fourth-order valence-corrected chi connectivity index (χ4v) is 12.1. The third-order valence-electron chi connectivity index (χ3n) is 14.1. The van der Waals surface area contributed by atoms with Gasteiger partial charge < -0.3 is 25.4 Å². The molecule has 5 heterocycles. The predicted molar refractivity (Wildman–Crippen MR) is 281 cm³/mol. The van der Waals surface area contributed by atoms with Crippen molar-refractivity contribution < 1.29 is 29.0 Å². The molecule has 1 unspecified atom stereocenters. The van der Waals surface area contributed by atoms with Crippen molar-refractivity contribution in [1.82, 2.24) is 35.3 Å². The average Bonchev–Trinajstić information content (AvgIpc) is 4.10. The van der Waals surface area contributed by atoms with Crippen molar-refractivity contribution in [3.63, 3.8) is 0 Å². The Bertz CT molecular complexity index is 3020. The van der Waals surface area contributed by atoms with Crippen LogP contribution in [0.1, 0.15) is 122 Å². The number of aromatic nitrogens is 4. The lowest BCUT2D eigenvalue weighted by atomic mass is 9.78. The summed E-state index contributed by atoms with van der Waals surface area (Å²) in [6, 6.07) is 20.2. The summed E-state index contributed by atoms with van der Waals surface area (Å²) in [6.07, 6.45) is 1.29. The van der Waals surface area contributed by atoms with Crippen molar-refractivity contribution in [2.24, 2.45) is 16.3 Å². The number of hydrogen-bond donors (Lipinski definition) is 3. The van der Waals surface area contributed by atoms with Gasteiger partial charge in [-0.3, -0.25) is 28.7 Å². The molecule has 2 fully saturated rings. The van der Waals surface area contributed by atoms with Crippen LogP contribution in [-0.2, 0) is 25.6 Å². The van der Waals surface area contributed by atoms with Gasteiger partial charge in [0.1, 0.15) is 40.5 Å². The summed E-state index contributed by atoms with van der Waals surface area (Å²) in [5.74, 6) is 1.24. The first-order valence-corrected chi connectivity index (χ1v) is 26.6. The number of ether oxygens (including phenoxy) is 1. The Kier molecular flexibility index (Phi) is 14.7. The number of fused-ring (bicyclic) bond motifs is 3. The summed E-state index contributed by atoms with van der Waals surface area (Å²) in [5.41, 5.74) is 8.68. The lowest BCUT2D eigenvalue weighted by Crippen LogP contribution is -2.58. The number of halogens is 1. The molecular weight excluding hydrogens is 968 g/mol. The molecule has 9 rings (SSSR count). The number of thiazole rings is 1. The first-order valence-electron chi connectivity index (χ1n) is 24.5. The number of carbonyl (C=O) groups excluding carboxylic acids is 4. The van der Waals surface area contributed by atoms with Crippen molar-refractivity contribution in [2.75, 3.05) is 6.54 Å². The number of ketones is 1. The van der Waals surface area contributed by atoms with Gasteiger partial charge in [-0.1, -0.05) is 80.9 Å². The first-order chi connectivity index (χ1) is 34.3. The van der Waals surface area contributed by atoms with E-state index in [4.69, 9.17) is 21.3 Å². The van der Waals surface area contributed by atoms with Crippen LogP contribution in [0.25, 0.3) is 15.4 Å². The number of nitrogens with one attached hydrogen (secondary N) is 2. The van der Waals surface area contributed by atoms with Crippen LogP contribution >= 0.6 is 34.3 Å². The number of benzene rings is 3. The normalized spacial score (nSPS) is 20.3. The van der Waals surface area contributed by atoms with E-state index in [-0.39, 0.29) is 61.5 Å². The maximum Gasteiger partial charge on any atom is 0.246 e. The molecule has 3 aromatic heterocycles. The van der Waals surface area contributed by atoms with E-state index in [0.29, 0.717) is 23.0 Å². The van der Waals surface area contributed by atoms with Crippen LogP contribution in [0, 0.1) is 39.0 Å². The highest BCUT2D eigenvalue weighted by molar-refractivity contribution is 7.15. The van der Waals surface area contributed by atoms with Crippen LogP contribution in [0.5, 0.6) is 5.75 Å². The third-order valence-corrected chi connectivity index (χ3v) is 16.6. The van der Waals surface area contributed by atoms with Gasteiger partial charge in [0.15, 0.2) is 5.82 Å². The highest BCUT2D eigenvalue weighted by atomic mass is 35.5. The molecule has 2 aliphatic heterocycles. The van der Waals surface area contributed by atoms with E-state index in [2.05, 4.69) is 44.2 Å². The summed E-state index contributed by atoms with van der Waals surface area (Å²) < 4.78 is 8.36. The van der Waals surface area contributed by atoms with E-state index in [1.165, 1.54) is 9.78 Å². The monoisotopic (exact) mass is 1030 g/mol. The molecular formula is C55H61ClN8O6S2. The lowest BCUT2D eigenvalue weighted by Gasteiger charge is -2.35. The average molecular weight is 1030 g/mol. The van der Waals surface area contributed by atoms with Crippen molar-refractivity contribution in [2.45, 2.75) is 130 Å². The summed E-state index contributed by atoms with van der Waals surface area (Å²) in [6.45, 7) is 15.6. The van der Waals surface area contributed by atoms with E-state index < -0.39 is 35.6 Å². The molecule has 3 amide bonds. The SMILES string of the molecule is Cc1ncsc1-c1ccc([C@H](C)NC(=O)[C@@H]2C[C@@H](O)CN2C(=O)[C@@H](NC(=O)Cc2ccc(OC3CC(CC(=O)CC4N=C(c5ccc(Cl)cc5)c5c(sc(C)c5C)-n5c(C)nnc54)C3)cc2)C(C)(C)C)cc1. The molecule has 72 heavy (non-hydrogen) atoms. The molecule has 3 aliphatic rings. The van der Waals surface area contributed by atoms with Gasteiger partial charge in [-0.25, -0.2) is 4.98 Å². The van der Waals surface area contributed by atoms with Gasteiger partial charge >= 0.3 is 0 Å². The number of nitrogens with zero attached hydrogens (tertiary/aromatic N) is 6. The van der Waals surface area contributed by atoms with Crippen LogP contribution in [-0.4, -0.2) is 89.8 Å². The lowest BCUT2D eigenvalue weighted by molar-refractivity contribution is -0.144. The van der Waals surface area contributed by atoms with Crippen LogP contribution in [0.2, 0.25) is 5.02 Å². The predicted octanol–water partition coefficient (Wildman–Crippen LogP) is 9.35. The smallest absolute Gasteiger partial charge is 0.246 e. The molecule has 0 spiro atoms. The molecule has 0 radical (unpaired) electrons. The van der Waals surface area contributed by atoms with E-state index in [9.17, 15) is 24.3 Å². The number of aryl methyl sites for hydroxylation is 3. The van der Waals surface area contributed by atoms with Gasteiger partial charge in [-0.05, 0) is 105 Å². The molecule has 3 aromatic carbocycles. The minimum Gasteiger partial charge on any atom is -0.490 e. The van der Waals surface area contributed by atoms with Gasteiger partial charge in [-0.15, -0.1) is 32.9 Å². The molecule has 17 heteroatoms. The van der Waals surface area contributed by atoms with Gasteiger partial charge in [-0.2, -0.15) is 0 Å². The quantitative estimate of drug-likeness (QED) is 0.0903. The molecule has 14 nitrogen and oxygen atoms in total. The second-order valence-corrected chi connectivity index (χ2v) is 23.1. The van der Waals surface area contributed by atoms with E-state index in [1.54, 1.807) is 22.7 Å². The number of likely N-dealkylation sites (tertiary alicyclic amines) is 1. The van der Waals surface area contributed by atoms with Gasteiger partial charge in [0.25, 0.3) is 0 Å². The maximum atomic E-state index is 14.3. The molecule has 0 bridgehead atoms. The second kappa shape index (κ2) is 20.8. The number of aliphatic hydroxyl groups excluding tert-OH is 1. The Labute approximate surface area is 433 Å². The summed E-state index contributed by atoms with van der Waals surface area (Å²) in [5, 5.41) is 27.4. The molecule has 1 saturated carbocycles. The Morgan fingerprint density at radius 1 is 0.889 bits per heavy atom. The van der Waals surface area contributed by atoms with E-state index in [0.717, 1.165) is 73.3 Å². The number of carbonyl (C=O) groups is 4. The Balaban J connectivity index is 0.768. The zero-order chi connectivity index (χ0) is 51.2. The second-order valence-electron chi connectivity index (χ2n) is 20.6. The number of amides is 3. The fraction of sp³-hybridized carbons (Fsp3) is 0.418. The minimum absolute atomic E-state index is 0.0146. The number of thiophene rings is 1.